The molecule has 0 fully saturated rings. The van der Waals surface area contributed by atoms with E-state index in [9.17, 15) is 0 Å². The number of nitrogens with zero attached hydrogens (tertiary/aromatic N) is 2. The molecule has 4 nitrogen and oxygen atoms in total. The van der Waals surface area contributed by atoms with Gasteiger partial charge in [0.15, 0.2) is 0 Å². The maximum atomic E-state index is 5.91. The molecule has 0 bridgehead atoms. The highest BCUT2D eigenvalue weighted by atomic mass is 16.5. The lowest BCUT2D eigenvalue weighted by molar-refractivity contribution is 0.432. The van der Waals surface area contributed by atoms with Crippen molar-refractivity contribution in [2.24, 2.45) is 0 Å². The summed E-state index contributed by atoms with van der Waals surface area (Å²) in [6, 6.07) is 27.7. The second-order valence-electron chi connectivity index (χ2n) is 6.01. The minimum Gasteiger partial charge on any atom is -0.456 e. The minimum absolute atomic E-state index is 0.500. The van der Waals surface area contributed by atoms with E-state index in [1.165, 1.54) is 0 Å². The Morgan fingerprint density at radius 3 is 2.19 bits per heavy atom. The van der Waals surface area contributed by atoms with Crippen molar-refractivity contribution >= 4 is 11.0 Å². The number of hydrogen-bond donors (Lipinski definition) is 0. The second kappa shape index (κ2) is 6.01. The Morgan fingerprint density at radius 1 is 0.654 bits per heavy atom. The molecule has 124 valence electrons. The van der Waals surface area contributed by atoms with Gasteiger partial charge in [0.05, 0.1) is 0 Å². The van der Waals surface area contributed by atoms with Crippen LogP contribution in [-0.2, 0) is 0 Å². The smallest absolute Gasteiger partial charge is 0.258 e. The van der Waals surface area contributed by atoms with E-state index in [2.05, 4.69) is 10.1 Å². The molecular weight excluding hydrogens is 324 g/mol. The monoisotopic (exact) mass is 338 g/mol. The zero-order chi connectivity index (χ0) is 17.3. The van der Waals surface area contributed by atoms with Gasteiger partial charge in [-0.1, -0.05) is 65.8 Å². The summed E-state index contributed by atoms with van der Waals surface area (Å²) in [5.41, 5.74) is 3.70. The van der Waals surface area contributed by atoms with Gasteiger partial charge in [-0.15, -0.1) is 0 Å². The van der Waals surface area contributed by atoms with E-state index in [1.54, 1.807) is 0 Å². The van der Waals surface area contributed by atoms with Crippen molar-refractivity contribution in [3.8, 4) is 34.2 Å². The highest BCUT2D eigenvalue weighted by molar-refractivity contribution is 5.83. The molecular formula is C22H14N2O2. The largest absolute Gasteiger partial charge is 0.456 e. The van der Waals surface area contributed by atoms with E-state index < -0.39 is 0 Å². The lowest BCUT2D eigenvalue weighted by Gasteiger charge is -1.98. The van der Waals surface area contributed by atoms with Crippen LogP contribution < -0.4 is 0 Å². The zero-order valence-electron chi connectivity index (χ0n) is 13.8. The van der Waals surface area contributed by atoms with Crippen molar-refractivity contribution in [2.45, 2.75) is 0 Å². The van der Waals surface area contributed by atoms with Gasteiger partial charge in [-0.3, -0.25) is 0 Å². The van der Waals surface area contributed by atoms with Crippen molar-refractivity contribution in [1.29, 1.82) is 0 Å². The normalized spacial score (nSPS) is 11.1. The van der Waals surface area contributed by atoms with E-state index in [1.807, 2.05) is 84.9 Å². The molecule has 26 heavy (non-hydrogen) atoms. The standard InChI is InChI=1S/C22H14N2O2/c1-2-6-16(7-3-1)21-23-22(26-24-21)17-12-10-15(11-13-17)20-14-18-8-4-5-9-19(18)25-20/h1-14H. The fourth-order valence-electron chi connectivity index (χ4n) is 2.95. The first-order valence-corrected chi connectivity index (χ1v) is 8.35. The number of aromatic nitrogens is 2. The third-order valence-electron chi connectivity index (χ3n) is 4.30. The minimum atomic E-state index is 0.500. The van der Waals surface area contributed by atoms with Gasteiger partial charge in [-0.05, 0) is 24.3 Å². The lowest BCUT2D eigenvalue weighted by Crippen LogP contribution is -1.81. The van der Waals surface area contributed by atoms with Crippen molar-refractivity contribution in [1.82, 2.24) is 10.1 Å². The second-order valence-corrected chi connectivity index (χ2v) is 6.01. The molecule has 0 aliphatic rings. The Kier molecular flexibility index (Phi) is 3.39. The summed E-state index contributed by atoms with van der Waals surface area (Å²) in [6.07, 6.45) is 0. The summed E-state index contributed by atoms with van der Waals surface area (Å²) in [6.45, 7) is 0. The number of para-hydroxylation sites is 1. The van der Waals surface area contributed by atoms with E-state index in [4.69, 9.17) is 8.94 Å². The number of furan rings is 1. The van der Waals surface area contributed by atoms with Gasteiger partial charge in [-0.25, -0.2) is 0 Å². The van der Waals surface area contributed by atoms with Gasteiger partial charge in [0.1, 0.15) is 11.3 Å². The molecule has 0 aliphatic carbocycles. The predicted octanol–water partition coefficient (Wildman–Crippen LogP) is 5.82. The maximum Gasteiger partial charge on any atom is 0.258 e. The molecule has 5 aromatic rings. The molecule has 3 aromatic carbocycles. The van der Waals surface area contributed by atoms with Crippen LogP contribution in [0.15, 0.2) is 93.9 Å². The average molecular weight is 338 g/mol. The van der Waals surface area contributed by atoms with Crippen LogP contribution in [0.1, 0.15) is 0 Å². The first-order chi connectivity index (χ1) is 12.9. The van der Waals surface area contributed by atoms with Crippen LogP contribution in [0.4, 0.5) is 0 Å². The quantitative estimate of drug-likeness (QED) is 0.416. The van der Waals surface area contributed by atoms with E-state index >= 15 is 0 Å². The summed E-state index contributed by atoms with van der Waals surface area (Å²) in [7, 11) is 0. The van der Waals surface area contributed by atoms with Crippen molar-refractivity contribution in [2.75, 3.05) is 0 Å². The summed E-state index contributed by atoms with van der Waals surface area (Å²) in [4.78, 5) is 4.49. The van der Waals surface area contributed by atoms with Gasteiger partial charge < -0.3 is 8.94 Å². The van der Waals surface area contributed by atoms with Crippen LogP contribution in [0, 0.1) is 0 Å². The van der Waals surface area contributed by atoms with Crippen LogP contribution in [0.3, 0.4) is 0 Å². The average Bonchev–Trinajstić information content (AvgIpc) is 3.36. The van der Waals surface area contributed by atoms with E-state index in [-0.39, 0.29) is 0 Å². The van der Waals surface area contributed by atoms with Crippen molar-refractivity contribution < 1.29 is 8.94 Å². The Labute approximate surface area is 149 Å². The number of benzene rings is 3. The summed E-state index contributed by atoms with van der Waals surface area (Å²) >= 11 is 0. The van der Waals surface area contributed by atoms with Crippen LogP contribution in [0.25, 0.3) is 45.1 Å². The third-order valence-corrected chi connectivity index (χ3v) is 4.30. The SMILES string of the molecule is c1ccc(-c2noc(-c3ccc(-c4cc5ccccc5o4)cc3)n2)cc1. The molecule has 0 radical (unpaired) electrons. The first-order valence-electron chi connectivity index (χ1n) is 8.35. The van der Waals surface area contributed by atoms with E-state index in [0.717, 1.165) is 33.4 Å². The predicted molar refractivity (Wildman–Crippen MR) is 100 cm³/mol. The van der Waals surface area contributed by atoms with Gasteiger partial charge >= 0.3 is 0 Å². The molecule has 2 aromatic heterocycles. The Morgan fingerprint density at radius 2 is 1.38 bits per heavy atom. The molecule has 0 aliphatic heterocycles. The summed E-state index contributed by atoms with van der Waals surface area (Å²) in [5, 5.41) is 5.16. The lowest BCUT2D eigenvalue weighted by atomic mass is 10.1. The maximum absolute atomic E-state index is 5.91. The van der Waals surface area contributed by atoms with Crippen LogP contribution in [-0.4, -0.2) is 10.1 Å². The van der Waals surface area contributed by atoms with Gasteiger partial charge in [0.25, 0.3) is 5.89 Å². The van der Waals surface area contributed by atoms with Crippen molar-refractivity contribution in [3.63, 3.8) is 0 Å². The molecule has 0 unspecified atom stereocenters. The van der Waals surface area contributed by atoms with Gasteiger partial charge in [-0.2, -0.15) is 4.98 Å². The van der Waals surface area contributed by atoms with Crippen LogP contribution in [0.5, 0.6) is 0 Å². The fourth-order valence-corrected chi connectivity index (χ4v) is 2.95. The molecule has 0 saturated carbocycles. The Bertz CT molecular complexity index is 1140. The number of fused-ring (bicyclic) bond motifs is 1. The highest BCUT2D eigenvalue weighted by Crippen LogP contribution is 2.29. The van der Waals surface area contributed by atoms with Crippen molar-refractivity contribution in [3.05, 3.63) is 84.9 Å². The molecule has 0 N–H and O–H groups in total. The zero-order valence-corrected chi connectivity index (χ0v) is 13.8. The van der Waals surface area contributed by atoms with Crippen LogP contribution >= 0.6 is 0 Å². The summed E-state index contributed by atoms with van der Waals surface area (Å²) in [5.74, 6) is 1.93. The topological polar surface area (TPSA) is 52.1 Å². The Balaban J connectivity index is 1.46. The molecule has 0 amide bonds. The molecule has 4 heteroatoms. The highest BCUT2D eigenvalue weighted by Gasteiger charge is 2.11. The molecule has 0 saturated heterocycles. The first kappa shape index (κ1) is 14.7. The number of rotatable bonds is 3. The molecule has 0 atom stereocenters. The molecule has 5 rings (SSSR count). The molecule has 2 heterocycles. The fraction of sp³-hybridized carbons (Fsp3) is 0. The van der Waals surface area contributed by atoms with Gasteiger partial charge in [0, 0.05) is 22.1 Å². The molecule has 0 spiro atoms. The number of hydrogen-bond acceptors (Lipinski definition) is 4. The third kappa shape index (κ3) is 2.58. The van der Waals surface area contributed by atoms with Crippen LogP contribution in [0.2, 0.25) is 0 Å². The van der Waals surface area contributed by atoms with Gasteiger partial charge in [0.2, 0.25) is 5.82 Å². The summed E-state index contributed by atoms with van der Waals surface area (Å²) < 4.78 is 11.3. The van der Waals surface area contributed by atoms with E-state index in [0.29, 0.717) is 11.7 Å². The Hall–Kier alpha value is -3.66.